The number of hydrogen-bond acceptors (Lipinski definition) is 3. The Labute approximate surface area is 135 Å². The molecule has 1 aliphatic heterocycles. The molecule has 0 amide bonds. The predicted octanol–water partition coefficient (Wildman–Crippen LogP) is 2.45. The SMILES string of the molecule is Cc1ccc(CN2CCC[C@@H](CCNS(C)(=O)=O)C2)cc1C. The molecule has 0 radical (unpaired) electrons. The van der Waals surface area contributed by atoms with Crippen molar-refractivity contribution in [3.63, 3.8) is 0 Å². The van der Waals surface area contributed by atoms with E-state index in [1.54, 1.807) is 0 Å². The zero-order valence-electron chi connectivity index (χ0n) is 13.9. The van der Waals surface area contributed by atoms with Crippen LogP contribution < -0.4 is 4.72 Å². The molecule has 1 aromatic rings. The molecule has 22 heavy (non-hydrogen) atoms. The molecular weight excluding hydrogens is 296 g/mol. The molecule has 1 heterocycles. The highest BCUT2D eigenvalue weighted by Crippen LogP contribution is 2.21. The van der Waals surface area contributed by atoms with Crippen LogP contribution >= 0.6 is 0 Å². The number of nitrogens with one attached hydrogen (secondary N) is 1. The van der Waals surface area contributed by atoms with Crippen LogP contribution in [-0.2, 0) is 16.6 Å². The third kappa shape index (κ3) is 5.71. The van der Waals surface area contributed by atoms with E-state index in [4.69, 9.17) is 0 Å². The lowest BCUT2D eigenvalue weighted by molar-refractivity contribution is 0.162. The van der Waals surface area contributed by atoms with E-state index in [-0.39, 0.29) is 0 Å². The Balaban J connectivity index is 1.83. The molecule has 0 saturated carbocycles. The number of rotatable bonds is 6. The van der Waals surface area contributed by atoms with Crippen molar-refractivity contribution >= 4 is 10.0 Å². The van der Waals surface area contributed by atoms with E-state index in [2.05, 4.69) is 41.7 Å². The van der Waals surface area contributed by atoms with Crippen LogP contribution in [0.25, 0.3) is 0 Å². The molecule has 0 aliphatic carbocycles. The molecule has 1 fully saturated rings. The van der Waals surface area contributed by atoms with Gasteiger partial charge in [-0.2, -0.15) is 0 Å². The lowest BCUT2D eigenvalue weighted by Crippen LogP contribution is -2.36. The van der Waals surface area contributed by atoms with Crippen molar-refractivity contribution in [2.45, 2.75) is 39.7 Å². The number of piperidine rings is 1. The molecule has 0 aromatic heterocycles. The molecule has 1 aromatic carbocycles. The van der Waals surface area contributed by atoms with Crippen molar-refractivity contribution in [3.8, 4) is 0 Å². The number of likely N-dealkylation sites (tertiary alicyclic amines) is 1. The Hall–Kier alpha value is -0.910. The molecule has 1 N–H and O–H groups in total. The lowest BCUT2D eigenvalue weighted by atomic mass is 9.94. The van der Waals surface area contributed by atoms with E-state index in [1.807, 2.05) is 0 Å². The summed E-state index contributed by atoms with van der Waals surface area (Å²) in [5.74, 6) is 0.592. The molecule has 124 valence electrons. The first-order valence-corrected chi connectivity index (χ1v) is 9.96. The summed E-state index contributed by atoms with van der Waals surface area (Å²) in [6.45, 7) is 8.07. The smallest absolute Gasteiger partial charge is 0.208 e. The highest BCUT2D eigenvalue weighted by molar-refractivity contribution is 7.88. The van der Waals surface area contributed by atoms with Gasteiger partial charge < -0.3 is 0 Å². The first-order valence-electron chi connectivity index (χ1n) is 8.06. The zero-order valence-corrected chi connectivity index (χ0v) is 14.7. The number of sulfonamides is 1. The average molecular weight is 324 g/mol. The third-order valence-corrected chi connectivity index (χ3v) is 5.23. The van der Waals surface area contributed by atoms with Crippen molar-refractivity contribution in [3.05, 3.63) is 34.9 Å². The Morgan fingerprint density at radius 2 is 2.05 bits per heavy atom. The van der Waals surface area contributed by atoms with Crippen LogP contribution in [0.15, 0.2) is 18.2 Å². The summed E-state index contributed by atoms with van der Waals surface area (Å²) in [6, 6.07) is 6.70. The van der Waals surface area contributed by atoms with E-state index >= 15 is 0 Å². The van der Waals surface area contributed by atoms with Gasteiger partial charge in [0.15, 0.2) is 0 Å². The van der Waals surface area contributed by atoms with Crippen LogP contribution in [0.5, 0.6) is 0 Å². The predicted molar refractivity (Wildman–Crippen MR) is 91.4 cm³/mol. The molecule has 0 unspecified atom stereocenters. The normalized spacial score (nSPS) is 20.2. The lowest BCUT2D eigenvalue weighted by Gasteiger charge is -2.33. The molecule has 4 nitrogen and oxygen atoms in total. The zero-order chi connectivity index (χ0) is 16.2. The van der Waals surface area contributed by atoms with Gasteiger partial charge in [-0.05, 0) is 62.3 Å². The van der Waals surface area contributed by atoms with Gasteiger partial charge in [-0.3, -0.25) is 4.90 Å². The molecular formula is C17H28N2O2S. The number of hydrogen-bond donors (Lipinski definition) is 1. The van der Waals surface area contributed by atoms with Gasteiger partial charge >= 0.3 is 0 Å². The van der Waals surface area contributed by atoms with Gasteiger partial charge in [0.2, 0.25) is 10.0 Å². The van der Waals surface area contributed by atoms with Crippen LogP contribution in [0.1, 0.15) is 36.0 Å². The highest BCUT2D eigenvalue weighted by Gasteiger charge is 2.20. The topological polar surface area (TPSA) is 49.4 Å². The van der Waals surface area contributed by atoms with E-state index in [0.717, 1.165) is 26.1 Å². The fraction of sp³-hybridized carbons (Fsp3) is 0.647. The maximum atomic E-state index is 11.1. The molecule has 2 rings (SSSR count). The maximum absolute atomic E-state index is 11.1. The molecule has 1 aliphatic rings. The molecule has 5 heteroatoms. The van der Waals surface area contributed by atoms with Crippen molar-refractivity contribution < 1.29 is 8.42 Å². The summed E-state index contributed by atoms with van der Waals surface area (Å²) in [5.41, 5.74) is 4.06. The Bertz CT molecular complexity index is 599. The fourth-order valence-electron chi connectivity index (χ4n) is 3.14. The van der Waals surface area contributed by atoms with Crippen molar-refractivity contribution in [1.82, 2.24) is 9.62 Å². The Morgan fingerprint density at radius 3 is 2.73 bits per heavy atom. The summed E-state index contributed by atoms with van der Waals surface area (Å²) in [7, 11) is -3.06. The monoisotopic (exact) mass is 324 g/mol. The highest BCUT2D eigenvalue weighted by atomic mass is 32.2. The second kappa shape index (κ2) is 7.57. The summed E-state index contributed by atoms with van der Waals surface area (Å²) in [5, 5.41) is 0. The number of nitrogens with zero attached hydrogens (tertiary/aromatic N) is 1. The van der Waals surface area contributed by atoms with Gasteiger partial charge in [0.05, 0.1) is 6.26 Å². The van der Waals surface area contributed by atoms with Gasteiger partial charge in [-0.1, -0.05) is 18.2 Å². The summed E-state index contributed by atoms with van der Waals surface area (Å²) in [4.78, 5) is 2.50. The minimum Gasteiger partial charge on any atom is -0.299 e. The fourth-order valence-corrected chi connectivity index (χ4v) is 3.63. The minimum absolute atomic E-state index is 0.557. The number of benzene rings is 1. The molecule has 0 spiro atoms. The van der Waals surface area contributed by atoms with Gasteiger partial charge in [0.25, 0.3) is 0 Å². The summed E-state index contributed by atoms with van der Waals surface area (Å²) in [6.07, 6.45) is 4.56. The van der Waals surface area contributed by atoms with Gasteiger partial charge in [-0.25, -0.2) is 13.1 Å². The first kappa shape index (κ1) is 17.4. The van der Waals surface area contributed by atoms with E-state index in [9.17, 15) is 8.42 Å². The summed E-state index contributed by atoms with van der Waals surface area (Å²) < 4.78 is 24.8. The van der Waals surface area contributed by atoms with Crippen LogP contribution in [0.3, 0.4) is 0 Å². The van der Waals surface area contributed by atoms with Crippen molar-refractivity contribution in [2.75, 3.05) is 25.9 Å². The average Bonchev–Trinajstić information content (AvgIpc) is 2.42. The van der Waals surface area contributed by atoms with E-state index < -0.39 is 10.0 Å². The maximum Gasteiger partial charge on any atom is 0.208 e. The van der Waals surface area contributed by atoms with Gasteiger partial charge in [0.1, 0.15) is 0 Å². The molecule has 0 bridgehead atoms. The standard InChI is InChI=1S/C17H28N2O2S/c1-14-6-7-17(11-15(14)2)13-19-10-4-5-16(12-19)8-9-18-22(3,20)21/h6-7,11,16,18H,4-5,8-10,12-13H2,1-3H3/t16-/m0/s1. The Morgan fingerprint density at radius 1 is 1.27 bits per heavy atom. The molecule has 1 atom stereocenters. The second-order valence-electron chi connectivity index (χ2n) is 6.62. The minimum atomic E-state index is -3.06. The second-order valence-corrected chi connectivity index (χ2v) is 8.45. The van der Waals surface area contributed by atoms with Gasteiger partial charge in [-0.15, -0.1) is 0 Å². The van der Waals surface area contributed by atoms with Crippen molar-refractivity contribution in [1.29, 1.82) is 0 Å². The van der Waals surface area contributed by atoms with Crippen LogP contribution in [0.2, 0.25) is 0 Å². The van der Waals surface area contributed by atoms with Crippen LogP contribution in [0, 0.1) is 19.8 Å². The van der Waals surface area contributed by atoms with Crippen LogP contribution in [0.4, 0.5) is 0 Å². The van der Waals surface area contributed by atoms with Gasteiger partial charge in [0, 0.05) is 19.6 Å². The van der Waals surface area contributed by atoms with E-state index in [1.165, 1.54) is 35.8 Å². The van der Waals surface area contributed by atoms with Crippen molar-refractivity contribution in [2.24, 2.45) is 5.92 Å². The summed E-state index contributed by atoms with van der Waals surface area (Å²) >= 11 is 0. The Kier molecular flexibility index (Phi) is 6.01. The van der Waals surface area contributed by atoms with E-state index in [0.29, 0.717) is 12.5 Å². The molecule has 1 saturated heterocycles. The quantitative estimate of drug-likeness (QED) is 0.874. The largest absolute Gasteiger partial charge is 0.299 e. The first-order chi connectivity index (χ1) is 10.3. The number of aryl methyl sites for hydroxylation is 2. The van der Waals surface area contributed by atoms with Crippen LogP contribution in [-0.4, -0.2) is 39.2 Å². The third-order valence-electron chi connectivity index (χ3n) is 4.50.